The van der Waals surface area contributed by atoms with E-state index in [0.717, 1.165) is 0 Å². The first kappa shape index (κ1) is 17.9. The fourth-order valence-corrected chi connectivity index (χ4v) is 1.96. The number of anilines is 2. The van der Waals surface area contributed by atoms with Crippen LogP contribution in [0.5, 0.6) is 0 Å². The van der Waals surface area contributed by atoms with Crippen molar-refractivity contribution in [3.63, 3.8) is 0 Å². The number of aromatic nitrogens is 2. The van der Waals surface area contributed by atoms with Crippen molar-refractivity contribution in [2.45, 2.75) is 18.9 Å². The van der Waals surface area contributed by atoms with E-state index in [1.807, 2.05) is 0 Å². The number of benzene rings is 1. The van der Waals surface area contributed by atoms with Gasteiger partial charge >= 0.3 is 11.9 Å². The third-order valence-electron chi connectivity index (χ3n) is 3.22. The van der Waals surface area contributed by atoms with Crippen molar-refractivity contribution < 1.29 is 24.6 Å². The Bertz CT molecular complexity index is 749. The fourth-order valence-electron chi connectivity index (χ4n) is 1.96. The van der Waals surface area contributed by atoms with Crippen LogP contribution in [0.4, 0.5) is 11.6 Å². The molecule has 0 radical (unpaired) electrons. The first-order valence-corrected chi connectivity index (χ1v) is 7.35. The molecule has 2 rings (SSSR count). The summed E-state index contributed by atoms with van der Waals surface area (Å²) in [6.45, 7) is 0. The molecule has 0 fully saturated rings. The molecule has 0 spiro atoms. The molecule has 25 heavy (non-hydrogen) atoms. The molecule has 130 valence electrons. The Morgan fingerprint density at radius 2 is 1.68 bits per heavy atom. The molecule has 0 bridgehead atoms. The Hall–Kier alpha value is -3.49. The number of nitrogens with zero attached hydrogens (tertiary/aromatic N) is 2. The molecule has 1 unspecified atom stereocenters. The van der Waals surface area contributed by atoms with E-state index in [0.29, 0.717) is 11.6 Å². The van der Waals surface area contributed by atoms with E-state index in [-0.39, 0.29) is 18.4 Å². The Labute approximate surface area is 142 Å². The summed E-state index contributed by atoms with van der Waals surface area (Å²) >= 11 is 0. The summed E-state index contributed by atoms with van der Waals surface area (Å²) in [7, 11) is 0. The Morgan fingerprint density at radius 1 is 1.04 bits per heavy atom. The summed E-state index contributed by atoms with van der Waals surface area (Å²) in [4.78, 5) is 41.8. The highest BCUT2D eigenvalue weighted by Gasteiger charge is 2.21. The number of amides is 1. The van der Waals surface area contributed by atoms with Gasteiger partial charge in [-0.1, -0.05) is 0 Å². The van der Waals surface area contributed by atoms with Crippen LogP contribution in [-0.4, -0.2) is 44.1 Å². The number of hydrogen-bond donors (Lipinski definition) is 4. The SMILES string of the molecule is O=C(O)CCC(NC(=O)c1ccc(Nc2ncccn2)cc1)C(=O)O. The topological polar surface area (TPSA) is 142 Å². The molecule has 1 aromatic heterocycles. The molecule has 0 saturated carbocycles. The van der Waals surface area contributed by atoms with Crippen LogP contribution in [-0.2, 0) is 9.59 Å². The third-order valence-corrected chi connectivity index (χ3v) is 3.22. The number of hydrogen-bond acceptors (Lipinski definition) is 6. The minimum Gasteiger partial charge on any atom is -0.481 e. The zero-order valence-corrected chi connectivity index (χ0v) is 13.0. The van der Waals surface area contributed by atoms with Crippen LogP contribution in [0, 0.1) is 0 Å². The molecule has 0 saturated heterocycles. The van der Waals surface area contributed by atoms with E-state index in [1.165, 1.54) is 12.1 Å². The van der Waals surface area contributed by atoms with E-state index in [2.05, 4.69) is 20.6 Å². The Kier molecular flexibility index (Phi) is 5.99. The van der Waals surface area contributed by atoms with Gasteiger partial charge in [0, 0.05) is 30.1 Å². The second-order valence-electron chi connectivity index (χ2n) is 5.07. The molecule has 2 aromatic rings. The van der Waals surface area contributed by atoms with Gasteiger partial charge in [0.1, 0.15) is 6.04 Å². The normalized spacial score (nSPS) is 11.4. The molecule has 0 aliphatic rings. The summed E-state index contributed by atoms with van der Waals surface area (Å²) in [6, 6.07) is 6.69. The van der Waals surface area contributed by atoms with Crippen molar-refractivity contribution in [2.75, 3.05) is 5.32 Å². The van der Waals surface area contributed by atoms with Crippen molar-refractivity contribution in [3.05, 3.63) is 48.3 Å². The first-order chi connectivity index (χ1) is 12.0. The fraction of sp³-hybridized carbons (Fsp3) is 0.188. The molecular weight excluding hydrogens is 328 g/mol. The zero-order chi connectivity index (χ0) is 18.2. The van der Waals surface area contributed by atoms with E-state index >= 15 is 0 Å². The standard InChI is InChI=1S/C16H16N4O5/c21-13(22)7-6-12(15(24)25)20-14(23)10-2-4-11(5-3-10)19-16-17-8-1-9-18-16/h1-5,8-9,12H,6-7H2,(H,20,23)(H,21,22)(H,24,25)(H,17,18,19). The van der Waals surface area contributed by atoms with E-state index < -0.39 is 23.9 Å². The van der Waals surface area contributed by atoms with Crippen LogP contribution in [0.25, 0.3) is 0 Å². The molecule has 4 N–H and O–H groups in total. The molecule has 9 heteroatoms. The summed E-state index contributed by atoms with van der Waals surface area (Å²) in [6.07, 6.45) is 2.62. The third kappa shape index (κ3) is 5.57. The lowest BCUT2D eigenvalue weighted by molar-refractivity contribution is -0.140. The van der Waals surface area contributed by atoms with Crippen LogP contribution >= 0.6 is 0 Å². The maximum Gasteiger partial charge on any atom is 0.326 e. The molecule has 1 heterocycles. The van der Waals surface area contributed by atoms with Crippen molar-refractivity contribution in [2.24, 2.45) is 0 Å². The maximum absolute atomic E-state index is 12.1. The second-order valence-corrected chi connectivity index (χ2v) is 5.07. The van der Waals surface area contributed by atoms with Crippen molar-refractivity contribution in [1.82, 2.24) is 15.3 Å². The van der Waals surface area contributed by atoms with Gasteiger partial charge in [0.15, 0.2) is 0 Å². The summed E-state index contributed by atoms with van der Waals surface area (Å²) in [5, 5.41) is 22.9. The highest BCUT2D eigenvalue weighted by atomic mass is 16.4. The summed E-state index contributed by atoms with van der Waals surface area (Å²) in [5.74, 6) is -2.60. The monoisotopic (exact) mass is 344 g/mol. The van der Waals surface area contributed by atoms with Gasteiger partial charge in [0.05, 0.1) is 0 Å². The van der Waals surface area contributed by atoms with Gasteiger partial charge in [-0.25, -0.2) is 14.8 Å². The van der Waals surface area contributed by atoms with Gasteiger partial charge in [0.25, 0.3) is 5.91 Å². The van der Waals surface area contributed by atoms with Crippen LogP contribution in [0.3, 0.4) is 0 Å². The summed E-state index contributed by atoms with van der Waals surface area (Å²) < 4.78 is 0. The Morgan fingerprint density at radius 3 is 2.24 bits per heavy atom. The van der Waals surface area contributed by atoms with Gasteiger partial charge in [-0.2, -0.15) is 0 Å². The summed E-state index contributed by atoms with van der Waals surface area (Å²) in [5.41, 5.74) is 0.907. The highest BCUT2D eigenvalue weighted by Crippen LogP contribution is 2.13. The van der Waals surface area contributed by atoms with Crippen LogP contribution in [0.1, 0.15) is 23.2 Å². The van der Waals surface area contributed by atoms with Crippen molar-refractivity contribution >= 4 is 29.5 Å². The van der Waals surface area contributed by atoms with Crippen molar-refractivity contribution in [1.29, 1.82) is 0 Å². The molecule has 0 aliphatic heterocycles. The van der Waals surface area contributed by atoms with Gasteiger partial charge in [-0.05, 0) is 36.8 Å². The van der Waals surface area contributed by atoms with Crippen LogP contribution in [0.2, 0.25) is 0 Å². The Balaban J connectivity index is 1.99. The molecule has 9 nitrogen and oxygen atoms in total. The number of aliphatic carboxylic acids is 2. The molecule has 1 atom stereocenters. The van der Waals surface area contributed by atoms with Crippen LogP contribution < -0.4 is 10.6 Å². The maximum atomic E-state index is 12.1. The number of carbonyl (C=O) groups is 3. The lowest BCUT2D eigenvalue weighted by Gasteiger charge is -2.13. The lowest BCUT2D eigenvalue weighted by atomic mass is 10.1. The molecule has 0 aliphatic carbocycles. The number of carboxylic acids is 2. The van der Waals surface area contributed by atoms with Gasteiger partial charge in [-0.3, -0.25) is 9.59 Å². The zero-order valence-electron chi connectivity index (χ0n) is 13.0. The molecule has 1 aromatic carbocycles. The van der Waals surface area contributed by atoms with E-state index in [4.69, 9.17) is 10.2 Å². The largest absolute Gasteiger partial charge is 0.481 e. The predicted molar refractivity (Wildman–Crippen MR) is 87.5 cm³/mol. The average Bonchev–Trinajstić information content (AvgIpc) is 2.59. The minimum atomic E-state index is -1.28. The number of rotatable bonds is 8. The molecule has 1 amide bonds. The van der Waals surface area contributed by atoms with E-state index in [9.17, 15) is 14.4 Å². The average molecular weight is 344 g/mol. The number of carbonyl (C=O) groups excluding carboxylic acids is 1. The first-order valence-electron chi connectivity index (χ1n) is 7.35. The lowest BCUT2D eigenvalue weighted by Crippen LogP contribution is -2.41. The van der Waals surface area contributed by atoms with Gasteiger partial charge < -0.3 is 20.8 Å². The quantitative estimate of drug-likeness (QED) is 0.561. The number of carboxylic acid groups (broad SMARTS) is 2. The smallest absolute Gasteiger partial charge is 0.326 e. The van der Waals surface area contributed by atoms with Crippen LogP contribution in [0.15, 0.2) is 42.7 Å². The minimum absolute atomic E-state index is 0.193. The highest BCUT2D eigenvalue weighted by molar-refractivity contribution is 5.97. The number of nitrogens with one attached hydrogen (secondary N) is 2. The van der Waals surface area contributed by atoms with Gasteiger partial charge in [0.2, 0.25) is 5.95 Å². The second kappa shape index (κ2) is 8.39. The van der Waals surface area contributed by atoms with Crippen molar-refractivity contribution in [3.8, 4) is 0 Å². The van der Waals surface area contributed by atoms with Gasteiger partial charge in [-0.15, -0.1) is 0 Å². The molecular formula is C16H16N4O5. The predicted octanol–water partition coefficient (Wildman–Crippen LogP) is 1.27. The van der Waals surface area contributed by atoms with E-state index in [1.54, 1.807) is 30.6 Å².